The lowest BCUT2D eigenvalue weighted by Crippen LogP contribution is -2.05. The Morgan fingerprint density at radius 3 is 2.35 bits per heavy atom. The molecule has 0 radical (unpaired) electrons. The van der Waals surface area contributed by atoms with E-state index in [4.69, 9.17) is 14.2 Å². The lowest BCUT2D eigenvalue weighted by atomic mass is 9.98. The van der Waals surface area contributed by atoms with Gasteiger partial charge in [-0.15, -0.1) is 0 Å². The molecule has 1 aromatic heterocycles. The molecule has 1 atom stereocenters. The van der Waals surface area contributed by atoms with Gasteiger partial charge in [-0.2, -0.15) is 0 Å². The number of H-pyrrole nitrogens is 1. The molecule has 0 aliphatic heterocycles. The van der Waals surface area contributed by atoms with Gasteiger partial charge in [0.25, 0.3) is 0 Å². The van der Waals surface area contributed by atoms with E-state index in [0.717, 1.165) is 22.3 Å². The van der Waals surface area contributed by atoms with E-state index in [1.54, 1.807) is 21.3 Å². The fourth-order valence-corrected chi connectivity index (χ4v) is 3.07. The van der Waals surface area contributed by atoms with Gasteiger partial charge in [0, 0.05) is 29.3 Å². The Labute approximate surface area is 136 Å². The Balaban J connectivity index is 2.14. The minimum Gasteiger partial charge on any atom is -0.493 e. The average Bonchev–Trinajstić information content (AvgIpc) is 2.92. The Morgan fingerprint density at radius 2 is 1.65 bits per heavy atom. The minimum absolute atomic E-state index is 0.175. The van der Waals surface area contributed by atoms with Gasteiger partial charge in [-0.25, -0.2) is 0 Å². The van der Waals surface area contributed by atoms with Crippen LogP contribution in [0.15, 0.2) is 42.5 Å². The monoisotopic (exact) mass is 311 g/mol. The number of aromatic nitrogens is 1. The molecular weight excluding hydrogens is 290 g/mol. The SMILES string of the molecule is COc1ccc(C(OC)c2c(C)[nH]c3ccccc23)cc1OC. The molecule has 0 bridgehead atoms. The molecule has 4 nitrogen and oxygen atoms in total. The first-order valence-electron chi connectivity index (χ1n) is 7.51. The Bertz CT molecular complexity index is 823. The third kappa shape index (κ3) is 2.66. The van der Waals surface area contributed by atoms with Crippen LogP contribution in [0.1, 0.15) is 22.9 Å². The van der Waals surface area contributed by atoms with Crippen molar-refractivity contribution in [3.63, 3.8) is 0 Å². The van der Waals surface area contributed by atoms with E-state index >= 15 is 0 Å². The van der Waals surface area contributed by atoms with Gasteiger partial charge >= 0.3 is 0 Å². The normalized spacial score (nSPS) is 12.3. The lowest BCUT2D eigenvalue weighted by molar-refractivity contribution is 0.136. The van der Waals surface area contributed by atoms with Gasteiger partial charge in [-0.3, -0.25) is 0 Å². The van der Waals surface area contributed by atoms with Crippen molar-refractivity contribution < 1.29 is 14.2 Å². The predicted octanol–water partition coefficient (Wildman–Crippen LogP) is 4.23. The zero-order chi connectivity index (χ0) is 16.4. The second kappa shape index (κ2) is 6.34. The number of rotatable bonds is 5. The number of aryl methyl sites for hydroxylation is 1. The van der Waals surface area contributed by atoms with Crippen LogP contribution in [0.2, 0.25) is 0 Å². The summed E-state index contributed by atoms with van der Waals surface area (Å²) in [4.78, 5) is 3.43. The average molecular weight is 311 g/mol. The quantitative estimate of drug-likeness (QED) is 0.767. The minimum atomic E-state index is -0.175. The molecule has 0 spiro atoms. The van der Waals surface area contributed by atoms with E-state index in [1.807, 2.05) is 30.3 Å². The second-order valence-corrected chi connectivity index (χ2v) is 5.44. The molecule has 1 N–H and O–H groups in total. The molecule has 0 amide bonds. The number of nitrogens with one attached hydrogen (secondary N) is 1. The maximum absolute atomic E-state index is 5.83. The van der Waals surface area contributed by atoms with E-state index in [2.05, 4.69) is 24.0 Å². The highest BCUT2D eigenvalue weighted by molar-refractivity contribution is 5.85. The molecule has 23 heavy (non-hydrogen) atoms. The Hall–Kier alpha value is -2.46. The highest BCUT2D eigenvalue weighted by Gasteiger charge is 2.21. The van der Waals surface area contributed by atoms with Crippen LogP contribution in [0.4, 0.5) is 0 Å². The summed E-state index contributed by atoms with van der Waals surface area (Å²) in [6.45, 7) is 2.07. The smallest absolute Gasteiger partial charge is 0.161 e. The van der Waals surface area contributed by atoms with E-state index < -0.39 is 0 Å². The van der Waals surface area contributed by atoms with Crippen molar-refractivity contribution in [2.45, 2.75) is 13.0 Å². The van der Waals surface area contributed by atoms with Crippen molar-refractivity contribution in [1.82, 2.24) is 4.98 Å². The lowest BCUT2D eigenvalue weighted by Gasteiger charge is -2.18. The molecule has 0 saturated heterocycles. The zero-order valence-electron chi connectivity index (χ0n) is 13.8. The largest absolute Gasteiger partial charge is 0.493 e. The molecule has 1 unspecified atom stereocenters. The number of benzene rings is 2. The summed E-state index contributed by atoms with van der Waals surface area (Å²) >= 11 is 0. The summed E-state index contributed by atoms with van der Waals surface area (Å²) in [6, 6.07) is 14.1. The van der Waals surface area contributed by atoms with E-state index in [0.29, 0.717) is 11.5 Å². The molecule has 0 fully saturated rings. The van der Waals surface area contributed by atoms with Gasteiger partial charge in [-0.05, 0) is 30.7 Å². The first kappa shape index (κ1) is 15.4. The fraction of sp³-hybridized carbons (Fsp3) is 0.263. The number of methoxy groups -OCH3 is 3. The van der Waals surface area contributed by atoms with Crippen molar-refractivity contribution in [2.24, 2.45) is 0 Å². The van der Waals surface area contributed by atoms with E-state index in [1.165, 1.54) is 5.39 Å². The summed E-state index contributed by atoms with van der Waals surface area (Å²) in [5.41, 5.74) is 4.39. The van der Waals surface area contributed by atoms with Crippen molar-refractivity contribution in [3.8, 4) is 11.5 Å². The summed E-state index contributed by atoms with van der Waals surface area (Å²) < 4.78 is 16.6. The second-order valence-electron chi connectivity index (χ2n) is 5.44. The number of para-hydroxylation sites is 1. The van der Waals surface area contributed by atoms with Crippen molar-refractivity contribution >= 4 is 10.9 Å². The highest BCUT2D eigenvalue weighted by atomic mass is 16.5. The number of ether oxygens (including phenoxy) is 3. The maximum atomic E-state index is 5.83. The van der Waals surface area contributed by atoms with Gasteiger partial charge < -0.3 is 19.2 Å². The van der Waals surface area contributed by atoms with Crippen LogP contribution in [-0.2, 0) is 4.74 Å². The molecule has 0 saturated carbocycles. The maximum Gasteiger partial charge on any atom is 0.161 e. The van der Waals surface area contributed by atoms with Crippen LogP contribution in [0.3, 0.4) is 0 Å². The molecule has 2 aromatic carbocycles. The van der Waals surface area contributed by atoms with Crippen LogP contribution in [0.5, 0.6) is 11.5 Å². The standard InChI is InChI=1S/C19H21NO3/c1-12-18(14-7-5-6-8-15(14)20-12)19(23-4)13-9-10-16(21-2)17(11-13)22-3/h5-11,19-20H,1-4H3. The third-order valence-corrected chi connectivity index (χ3v) is 4.15. The van der Waals surface area contributed by atoms with Crippen molar-refractivity contribution in [3.05, 3.63) is 59.3 Å². The van der Waals surface area contributed by atoms with E-state index in [9.17, 15) is 0 Å². The predicted molar refractivity (Wildman–Crippen MR) is 91.4 cm³/mol. The molecule has 0 aliphatic carbocycles. The van der Waals surface area contributed by atoms with Crippen LogP contribution in [0, 0.1) is 6.92 Å². The molecule has 120 valence electrons. The van der Waals surface area contributed by atoms with Gasteiger partial charge in [-0.1, -0.05) is 24.3 Å². The van der Waals surface area contributed by atoms with Crippen molar-refractivity contribution in [1.29, 1.82) is 0 Å². The molecule has 0 aliphatic rings. The number of hydrogen-bond acceptors (Lipinski definition) is 3. The highest BCUT2D eigenvalue weighted by Crippen LogP contribution is 2.37. The van der Waals surface area contributed by atoms with Gasteiger partial charge in [0.2, 0.25) is 0 Å². The molecule has 3 aromatic rings. The molecular formula is C19H21NO3. The van der Waals surface area contributed by atoms with Crippen LogP contribution < -0.4 is 9.47 Å². The molecule has 3 rings (SSSR count). The summed E-state index contributed by atoms with van der Waals surface area (Å²) in [6.07, 6.45) is -0.175. The molecule has 1 heterocycles. The van der Waals surface area contributed by atoms with Gasteiger partial charge in [0.15, 0.2) is 11.5 Å². The van der Waals surface area contributed by atoms with Gasteiger partial charge in [0.05, 0.1) is 14.2 Å². The van der Waals surface area contributed by atoms with Crippen molar-refractivity contribution in [2.75, 3.05) is 21.3 Å². The van der Waals surface area contributed by atoms with Crippen LogP contribution in [0.25, 0.3) is 10.9 Å². The number of aromatic amines is 1. The van der Waals surface area contributed by atoms with Gasteiger partial charge in [0.1, 0.15) is 6.10 Å². The number of hydrogen-bond donors (Lipinski definition) is 1. The summed E-state index contributed by atoms with van der Waals surface area (Å²) in [5, 5.41) is 1.17. The first-order chi connectivity index (χ1) is 11.2. The third-order valence-electron chi connectivity index (χ3n) is 4.15. The van der Waals surface area contributed by atoms with E-state index in [-0.39, 0.29) is 6.10 Å². The number of fused-ring (bicyclic) bond motifs is 1. The molecule has 4 heteroatoms. The fourth-order valence-electron chi connectivity index (χ4n) is 3.07. The summed E-state index contributed by atoms with van der Waals surface area (Å²) in [5.74, 6) is 1.41. The first-order valence-corrected chi connectivity index (χ1v) is 7.51. The summed E-state index contributed by atoms with van der Waals surface area (Å²) in [7, 11) is 5.00. The Morgan fingerprint density at radius 1 is 0.913 bits per heavy atom. The van der Waals surface area contributed by atoms with Crippen LogP contribution >= 0.6 is 0 Å². The Kier molecular flexibility index (Phi) is 4.26. The van der Waals surface area contributed by atoms with Crippen LogP contribution in [-0.4, -0.2) is 26.3 Å². The zero-order valence-corrected chi connectivity index (χ0v) is 13.8. The topological polar surface area (TPSA) is 43.5 Å².